The summed E-state index contributed by atoms with van der Waals surface area (Å²) >= 11 is 0. The van der Waals surface area contributed by atoms with Crippen LogP contribution in [0.25, 0.3) is 0 Å². The van der Waals surface area contributed by atoms with Gasteiger partial charge in [0.2, 0.25) is 5.88 Å². The molecular formula is C17H16FNO5. The van der Waals surface area contributed by atoms with Crippen molar-refractivity contribution in [3.8, 4) is 0 Å². The maximum absolute atomic E-state index is 12.9. The summed E-state index contributed by atoms with van der Waals surface area (Å²) in [5.74, 6) is -2.23. The van der Waals surface area contributed by atoms with Crippen LogP contribution in [0.3, 0.4) is 0 Å². The molecule has 0 aliphatic heterocycles. The van der Waals surface area contributed by atoms with E-state index in [0.29, 0.717) is 0 Å². The summed E-state index contributed by atoms with van der Waals surface area (Å²) in [6, 6.07) is 4.85. The molecule has 1 N–H and O–H groups in total. The van der Waals surface area contributed by atoms with Crippen molar-refractivity contribution in [3.63, 3.8) is 0 Å². The second-order valence-corrected chi connectivity index (χ2v) is 4.98. The third kappa shape index (κ3) is 3.51. The highest BCUT2D eigenvalue weighted by Crippen LogP contribution is 2.29. The molecule has 0 aliphatic carbocycles. The van der Waals surface area contributed by atoms with Gasteiger partial charge >= 0.3 is 5.97 Å². The Hall–Kier alpha value is -2.96. The summed E-state index contributed by atoms with van der Waals surface area (Å²) in [5, 5.41) is 2.42. The minimum Gasteiger partial charge on any atom is -0.462 e. The molecule has 1 heterocycles. The highest BCUT2D eigenvalue weighted by atomic mass is 19.1. The zero-order valence-corrected chi connectivity index (χ0v) is 13.4. The number of nitrogens with one attached hydrogen (secondary N) is 1. The lowest BCUT2D eigenvalue weighted by Gasteiger charge is -2.06. The number of ketones is 1. The van der Waals surface area contributed by atoms with Gasteiger partial charge in [-0.3, -0.25) is 14.9 Å². The Morgan fingerprint density at radius 3 is 2.33 bits per heavy atom. The van der Waals surface area contributed by atoms with E-state index in [-0.39, 0.29) is 40.7 Å². The molecule has 0 unspecified atom stereocenters. The summed E-state index contributed by atoms with van der Waals surface area (Å²) in [7, 11) is 0. The number of hydrogen-bond donors (Lipinski definition) is 1. The first kappa shape index (κ1) is 17.4. The number of aryl methyl sites for hydroxylation is 1. The summed E-state index contributed by atoms with van der Waals surface area (Å²) in [6.45, 7) is 4.51. The number of amides is 1. The molecular weight excluding hydrogens is 317 g/mol. The van der Waals surface area contributed by atoms with E-state index >= 15 is 0 Å². The van der Waals surface area contributed by atoms with Crippen molar-refractivity contribution in [1.29, 1.82) is 0 Å². The van der Waals surface area contributed by atoms with Gasteiger partial charge in [-0.2, -0.15) is 0 Å². The molecule has 0 aliphatic rings. The zero-order chi connectivity index (χ0) is 17.9. The lowest BCUT2D eigenvalue weighted by atomic mass is 10.1. The van der Waals surface area contributed by atoms with E-state index in [1.807, 2.05) is 0 Å². The number of anilines is 1. The molecule has 0 saturated heterocycles. The van der Waals surface area contributed by atoms with Crippen LogP contribution in [0.5, 0.6) is 0 Å². The number of rotatable bonds is 5. The molecule has 1 aromatic carbocycles. The predicted octanol–water partition coefficient (Wildman–Crippen LogP) is 3.36. The van der Waals surface area contributed by atoms with Crippen molar-refractivity contribution >= 4 is 23.5 Å². The van der Waals surface area contributed by atoms with Crippen molar-refractivity contribution in [2.24, 2.45) is 0 Å². The third-order valence-electron chi connectivity index (χ3n) is 3.25. The van der Waals surface area contributed by atoms with E-state index in [1.54, 1.807) is 6.92 Å². The molecule has 6 nitrogen and oxygen atoms in total. The molecule has 0 radical (unpaired) electrons. The smallest absolute Gasteiger partial charge is 0.344 e. The van der Waals surface area contributed by atoms with Gasteiger partial charge in [-0.25, -0.2) is 9.18 Å². The van der Waals surface area contributed by atoms with Crippen LogP contribution in [0.4, 0.5) is 10.3 Å². The van der Waals surface area contributed by atoms with E-state index in [9.17, 15) is 18.8 Å². The zero-order valence-electron chi connectivity index (χ0n) is 13.4. The normalized spacial score (nSPS) is 10.3. The van der Waals surface area contributed by atoms with Crippen molar-refractivity contribution in [3.05, 3.63) is 52.5 Å². The monoisotopic (exact) mass is 333 g/mol. The molecule has 0 fully saturated rings. The molecule has 1 amide bonds. The number of carbonyl (C=O) groups excluding carboxylic acids is 3. The molecule has 0 spiro atoms. The van der Waals surface area contributed by atoms with Crippen LogP contribution in [-0.4, -0.2) is 24.3 Å². The SMILES string of the molecule is CCOC(=O)c1c(NC(=O)c2ccc(F)cc2)oc(C)c1C(C)=O. The number of hydrogen-bond acceptors (Lipinski definition) is 5. The Kier molecular flexibility index (Phi) is 5.13. The molecule has 2 aromatic rings. The van der Waals surface area contributed by atoms with Crippen LogP contribution in [0.1, 0.15) is 50.7 Å². The van der Waals surface area contributed by atoms with Gasteiger partial charge in [0.1, 0.15) is 17.1 Å². The number of furan rings is 1. The number of halogens is 1. The first-order chi connectivity index (χ1) is 11.3. The van der Waals surface area contributed by atoms with E-state index in [2.05, 4.69) is 5.32 Å². The van der Waals surface area contributed by atoms with Crippen molar-refractivity contribution < 1.29 is 27.9 Å². The van der Waals surface area contributed by atoms with E-state index in [4.69, 9.17) is 9.15 Å². The van der Waals surface area contributed by atoms with Gasteiger partial charge in [-0.1, -0.05) is 0 Å². The molecule has 126 valence electrons. The number of ether oxygens (including phenoxy) is 1. The fourth-order valence-electron chi connectivity index (χ4n) is 2.23. The lowest BCUT2D eigenvalue weighted by molar-refractivity contribution is 0.0524. The number of carbonyl (C=O) groups is 3. The largest absolute Gasteiger partial charge is 0.462 e. The minimum absolute atomic E-state index is 0.0582. The van der Waals surface area contributed by atoms with E-state index in [0.717, 1.165) is 12.1 Å². The minimum atomic E-state index is -0.769. The van der Waals surface area contributed by atoms with Crippen LogP contribution in [0.2, 0.25) is 0 Å². The van der Waals surface area contributed by atoms with Crippen LogP contribution in [0.15, 0.2) is 28.7 Å². The second kappa shape index (κ2) is 7.08. The Bertz CT molecular complexity index is 792. The molecule has 0 saturated carbocycles. The lowest BCUT2D eigenvalue weighted by Crippen LogP contribution is -2.16. The van der Waals surface area contributed by atoms with Crippen molar-refractivity contribution in [1.82, 2.24) is 0 Å². The Balaban J connectivity index is 2.40. The average molecular weight is 333 g/mol. The Labute approximate surface area is 137 Å². The van der Waals surface area contributed by atoms with Crippen LogP contribution in [0, 0.1) is 12.7 Å². The van der Waals surface area contributed by atoms with Crippen LogP contribution >= 0.6 is 0 Å². The van der Waals surface area contributed by atoms with Gasteiger partial charge in [0.15, 0.2) is 5.78 Å². The first-order valence-electron chi connectivity index (χ1n) is 7.23. The summed E-state index contributed by atoms with van der Waals surface area (Å²) < 4.78 is 23.2. The van der Waals surface area contributed by atoms with Gasteiger partial charge in [-0.05, 0) is 45.0 Å². The van der Waals surface area contributed by atoms with Crippen molar-refractivity contribution in [2.75, 3.05) is 11.9 Å². The molecule has 1 aromatic heterocycles. The molecule has 2 rings (SSSR count). The molecule has 0 bridgehead atoms. The van der Waals surface area contributed by atoms with Gasteiger partial charge in [0, 0.05) is 5.56 Å². The number of esters is 1. The highest BCUT2D eigenvalue weighted by Gasteiger charge is 2.28. The number of benzene rings is 1. The quantitative estimate of drug-likeness (QED) is 0.670. The Morgan fingerprint density at radius 1 is 1.17 bits per heavy atom. The fourth-order valence-corrected chi connectivity index (χ4v) is 2.23. The second-order valence-electron chi connectivity index (χ2n) is 4.98. The highest BCUT2D eigenvalue weighted by molar-refractivity contribution is 6.12. The van der Waals surface area contributed by atoms with Gasteiger partial charge in [0.05, 0.1) is 12.2 Å². The van der Waals surface area contributed by atoms with Gasteiger partial charge in [-0.15, -0.1) is 0 Å². The average Bonchev–Trinajstić information content (AvgIpc) is 2.84. The first-order valence-corrected chi connectivity index (χ1v) is 7.23. The van der Waals surface area contributed by atoms with Gasteiger partial charge in [0.25, 0.3) is 5.91 Å². The predicted molar refractivity (Wildman–Crippen MR) is 83.8 cm³/mol. The fraction of sp³-hybridized carbons (Fsp3) is 0.235. The van der Waals surface area contributed by atoms with Crippen molar-refractivity contribution in [2.45, 2.75) is 20.8 Å². The van der Waals surface area contributed by atoms with E-state index < -0.39 is 17.7 Å². The molecule has 24 heavy (non-hydrogen) atoms. The third-order valence-corrected chi connectivity index (χ3v) is 3.25. The van der Waals surface area contributed by atoms with E-state index in [1.165, 1.54) is 26.0 Å². The maximum Gasteiger partial charge on any atom is 0.344 e. The summed E-state index contributed by atoms with van der Waals surface area (Å²) in [4.78, 5) is 36.1. The Morgan fingerprint density at radius 2 is 1.79 bits per heavy atom. The number of Topliss-reactive ketones (excluding diaryl/α,β-unsaturated/α-hetero) is 1. The van der Waals surface area contributed by atoms with Crippen LogP contribution in [-0.2, 0) is 4.74 Å². The summed E-state index contributed by atoms with van der Waals surface area (Å²) in [6.07, 6.45) is 0. The van der Waals surface area contributed by atoms with Crippen LogP contribution < -0.4 is 5.32 Å². The topological polar surface area (TPSA) is 85.6 Å². The van der Waals surface area contributed by atoms with Gasteiger partial charge < -0.3 is 9.15 Å². The molecule has 0 atom stereocenters. The standard InChI is InChI=1S/C17H16FNO5/c1-4-23-17(22)14-13(9(2)20)10(3)24-16(14)19-15(21)11-5-7-12(18)8-6-11/h5-8H,4H2,1-3H3,(H,19,21). The maximum atomic E-state index is 12.9. The molecule has 7 heteroatoms. The summed E-state index contributed by atoms with van der Waals surface area (Å²) in [5.41, 5.74) is 0.102.